The van der Waals surface area contributed by atoms with Crippen molar-refractivity contribution in [3.63, 3.8) is 0 Å². The zero-order valence-corrected chi connectivity index (χ0v) is 9.15. The van der Waals surface area contributed by atoms with Crippen LogP contribution in [0.5, 0.6) is 0 Å². The van der Waals surface area contributed by atoms with Crippen molar-refractivity contribution in [1.29, 1.82) is 0 Å². The smallest absolute Gasteiger partial charge is 0.0959 e. The van der Waals surface area contributed by atoms with E-state index >= 15 is 0 Å². The van der Waals surface area contributed by atoms with E-state index in [-0.39, 0.29) is 0 Å². The zero-order valence-electron chi connectivity index (χ0n) is 8.33. The lowest BCUT2D eigenvalue weighted by atomic mass is 9.99. The Kier molecular flexibility index (Phi) is 1.92. The zero-order chi connectivity index (χ0) is 9.60. The van der Waals surface area contributed by atoms with Gasteiger partial charge in [0.2, 0.25) is 0 Å². The minimum Gasteiger partial charge on any atom is -0.330 e. The molecule has 0 aliphatic heterocycles. The second-order valence-corrected chi connectivity index (χ2v) is 5.55. The van der Waals surface area contributed by atoms with Crippen molar-refractivity contribution in [2.24, 2.45) is 5.73 Å². The predicted molar refractivity (Wildman–Crippen MR) is 58.7 cm³/mol. The number of aromatic nitrogens is 1. The first kappa shape index (κ1) is 8.86. The van der Waals surface area contributed by atoms with E-state index in [0.717, 1.165) is 18.9 Å². The molecule has 2 aliphatic carbocycles. The molecule has 0 amide bonds. The van der Waals surface area contributed by atoms with E-state index in [1.807, 2.05) is 11.3 Å². The maximum Gasteiger partial charge on any atom is 0.0959 e. The van der Waals surface area contributed by atoms with Gasteiger partial charge in [0.25, 0.3) is 0 Å². The first-order valence-corrected chi connectivity index (χ1v) is 6.38. The highest BCUT2D eigenvalue weighted by atomic mass is 32.1. The first-order chi connectivity index (χ1) is 6.84. The molecule has 76 valence electrons. The van der Waals surface area contributed by atoms with Crippen molar-refractivity contribution in [3.05, 3.63) is 16.1 Å². The highest BCUT2D eigenvalue weighted by molar-refractivity contribution is 7.09. The first-order valence-electron chi connectivity index (χ1n) is 5.50. The quantitative estimate of drug-likeness (QED) is 0.825. The van der Waals surface area contributed by atoms with Crippen LogP contribution in [0.3, 0.4) is 0 Å². The highest BCUT2D eigenvalue weighted by Gasteiger charge is 2.45. The van der Waals surface area contributed by atoms with Gasteiger partial charge in [0.05, 0.1) is 10.7 Å². The third kappa shape index (κ3) is 1.39. The normalized spacial score (nSPS) is 23.8. The summed E-state index contributed by atoms with van der Waals surface area (Å²) in [4.78, 5) is 4.79. The molecule has 1 aromatic rings. The Hall–Kier alpha value is -0.410. The summed E-state index contributed by atoms with van der Waals surface area (Å²) in [6.07, 6.45) is 6.45. The van der Waals surface area contributed by atoms with Crippen LogP contribution in [0.25, 0.3) is 0 Å². The molecule has 14 heavy (non-hydrogen) atoms. The summed E-state index contributed by atoms with van der Waals surface area (Å²) in [6.45, 7) is 0.802. The lowest BCUT2D eigenvalue weighted by Crippen LogP contribution is -2.13. The van der Waals surface area contributed by atoms with E-state index in [4.69, 9.17) is 10.7 Å². The molecule has 0 radical (unpaired) electrons. The lowest BCUT2D eigenvalue weighted by Gasteiger charge is -2.09. The summed E-state index contributed by atoms with van der Waals surface area (Å²) in [5, 5.41) is 3.65. The fourth-order valence-electron chi connectivity index (χ4n) is 2.11. The van der Waals surface area contributed by atoms with E-state index in [9.17, 15) is 0 Å². The second kappa shape index (κ2) is 3.04. The average molecular weight is 208 g/mol. The minimum absolute atomic E-state index is 0.401. The highest BCUT2D eigenvalue weighted by Crippen LogP contribution is 2.52. The van der Waals surface area contributed by atoms with Crippen molar-refractivity contribution >= 4 is 11.3 Å². The van der Waals surface area contributed by atoms with Gasteiger partial charge in [0.1, 0.15) is 0 Å². The molecule has 0 saturated heterocycles. The van der Waals surface area contributed by atoms with Crippen LogP contribution in [-0.2, 0) is 5.41 Å². The standard InChI is InChI=1S/C11H16N2S/c12-6-5-11(3-4-11)9-7-14-10(13-9)8-1-2-8/h7-8H,1-6,12H2. The predicted octanol–water partition coefficient (Wildman–Crippen LogP) is 2.40. The molecule has 3 heteroatoms. The number of hydrogen-bond donors (Lipinski definition) is 1. The molecular formula is C11H16N2S. The summed E-state index contributed by atoms with van der Waals surface area (Å²) >= 11 is 1.86. The van der Waals surface area contributed by atoms with Gasteiger partial charge in [-0.3, -0.25) is 0 Å². The third-order valence-electron chi connectivity index (χ3n) is 3.47. The average Bonchev–Trinajstić information content (AvgIpc) is 3.10. The van der Waals surface area contributed by atoms with Crippen LogP contribution in [0.15, 0.2) is 5.38 Å². The van der Waals surface area contributed by atoms with Gasteiger partial charge in [-0.25, -0.2) is 4.98 Å². The van der Waals surface area contributed by atoms with Crippen molar-refractivity contribution < 1.29 is 0 Å². The molecular weight excluding hydrogens is 192 g/mol. The van der Waals surface area contributed by atoms with Crippen LogP contribution in [0.2, 0.25) is 0 Å². The second-order valence-electron chi connectivity index (χ2n) is 4.66. The number of thiazole rings is 1. The Bertz CT molecular complexity index is 337. The van der Waals surface area contributed by atoms with Gasteiger partial charge in [0, 0.05) is 16.7 Å². The molecule has 3 rings (SSSR count). The fraction of sp³-hybridized carbons (Fsp3) is 0.727. The molecule has 2 nitrogen and oxygen atoms in total. The van der Waals surface area contributed by atoms with E-state index in [2.05, 4.69) is 5.38 Å². The monoisotopic (exact) mass is 208 g/mol. The third-order valence-corrected chi connectivity index (χ3v) is 4.48. The van der Waals surface area contributed by atoms with Crippen molar-refractivity contribution in [3.8, 4) is 0 Å². The van der Waals surface area contributed by atoms with Gasteiger partial charge in [-0.15, -0.1) is 11.3 Å². The Morgan fingerprint density at radius 1 is 1.50 bits per heavy atom. The largest absolute Gasteiger partial charge is 0.330 e. The van der Waals surface area contributed by atoms with E-state index in [1.165, 1.54) is 36.4 Å². The summed E-state index contributed by atoms with van der Waals surface area (Å²) in [6, 6.07) is 0. The topological polar surface area (TPSA) is 38.9 Å². The Morgan fingerprint density at radius 2 is 2.29 bits per heavy atom. The Balaban J connectivity index is 1.81. The summed E-state index contributed by atoms with van der Waals surface area (Å²) in [5.41, 5.74) is 7.39. The molecule has 2 saturated carbocycles. The molecule has 2 aliphatic rings. The number of rotatable bonds is 4. The van der Waals surface area contributed by atoms with E-state index in [1.54, 1.807) is 0 Å². The fourth-order valence-corrected chi connectivity index (χ4v) is 3.22. The minimum atomic E-state index is 0.401. The molecule has 1 aromatic heterocycles. The summed E-state index contributed by atoms with van der Waals surface area (Å²) in [7, 11) is 0. The van der Waals surface area contributed by atoms with Crippen LogP contribution in [-0.4, -0.2) is 11.5 Å². The van der Waals surface area contributed by atoms with Crippen LogP contribution < -0.4 is 5.73 Å². The number of nitrogens with two attached hydrogens (primary N) is 1. The van der Waals surface area contributed by atoms with Gasteiger partial charge in [-0.2, -0.15) is 0 Å². The molecule has 2 N–H and O–H groups in total. The molecule has 0 atom stereocenters. The van der Waals surface area contributed by atoms with Gasteiger partial charge in [-0.05, 0) is 38.6 Å². The Labute approximate surface area is 88.5 Å². The van der Waals surface area contributed by atoms with Crippen LogP contribution in [0, 0.1) is 0 Å². The van der Waals surface area contributed by atoms with Crippen LogP contribution in [0.4, 0.5) is 0 Å². The summed E-state index contributed by atoms with van der Waals surface area (Å²) in [5.74, 6) is 0.808. The van der Waals surface area contributed by atoms with E-state index in [0.29, 0.717) is 5.41 Å². The summed E-state index contributed by atoms with van der Waals surface area (Å²) < 4.78 is 0. The van der Waals surface area contributed by atoms with Gasteiger partial charge in [-0.1, -0.05) is 0 Å². The van der Waals surface area contributed by atoms with Crippen molar-refractivity contribution in [2.45, 2.75) is 43.4 Å². The van der Waals surface area contributed by atoms with Crippen molar-refractivity contribution in [2.75, 3.05) is 6.54 Å². The van der Waals surface area contributed by atoms with Crippen LogP contribution >= 0.6 is 11.3 Å². The molecule has 0 spiro atoms. The lowest BCUT2D eigenvalue weighted by molar-refractivity contribution is 0.612. The molecule has 0 aromatic carbocycles. The SMILES string of the molecule is NCCC1(c2csc(C3CC3)n2)CC1. The Morgan fingerprint density at radius 3 is 2.86 bits per heavy atom. The van der Waals surface area contributed by atoms with E-state index < -0.39 is 0 Å². The number of nitrogens with zero attached hydrogens (tertiary/aromatic N) is 1. The van der Waals surface area contributed by atoms with Gasteiger partial charge < -0.3 is 5.73 Å². The van der Waals surface area contributed by atoms with Crippen molar-refractivity contribution in [1.82, 2.24) is 4.98 Å². The molecule has 2 fully saturated rings. The molecule has 1 heterocycles. The van der Waals surface area contributed by atoms with Crippen LogP contribution in [0.1, 0.15) is 48.7 Å². The maximum atomic E-state index is 5.65. The van der Waals surface area contributed by atoms with Gasteiger partial charge >= 0.3 is 0 Å². The number of hydrogen-bond acceptors (Lipinski definition) is 3. The molecule has 0 unspecified atom stereocenters. The van der Waals surface area contributed by atoms with Gasteiger partial charge in [0.15, 0.2) is 0 Å². The molecule has 0 bridgehead atoms. The maximum absolute atomic E-state index is 5.65.